The van der Waals surface area contributed by atoms with Crippen LogP contribution in [0.4, 0.5) is 0 Å². The molecule has 6 heteroatoms. The number of hydrogen-bond donors (Lipinski definition) is 2. The molecule has 0 atom stereocenters. The molecule has 0 fully saturated rings. The van der Waals surface area contributed by atoms with Gasteiger partial charge in [-0.1, -0.05) is 0 Å². The Bertz CT molecular complexity index is 209. The van der Waals surface area contributed by atoms with Gasteiger partial charge in [0.05, 0.1) is 0 Å². The smallest absolute Gasteiger partial charge is 0.341 e. The maximum absolute atomic E-state index is 10.7. The first-order chi connectivity index (χ1) is 6.02. The summed E-state index contributed by atoms with van der Waals surface area (Å²) < 4.78 is 4.25. The van der Waals surface area contributed by atoms with Gasteiger partial charge in [0.1, 0.15) is 0 Å². The van der Waals surface area contributed by atoms with Crippen molar-refractivity contribution in [3.63, 3.8) is 0 Å². The Morgan fingerprint density at radius 2 is 1.62 bits per heavy atom. The van der Waals surface area contributed by atoms with Crippen LogP contribution in [-0.4, -0.2) is 34.7 Å². The quantitative estimate of drug-likeness (QED) is 0.565. The highest BCUT2D eigenvalue weighted by Crippen LogP contribution is 1.97. The van der Waals surface area contributed by atoms with E-state index in [9.17, 15) is 14.4 Å². The van der Waals surface area contributed by atoms with Crippen LogP contribution in [0.15, 0.2) is 0 Å². The summed E-state index contributed by atoms with van der Waals surface area (Å²) in [5, 5.41) is 16.3. The number of carbonyl (C=O) groups excluding carboxylic acids is 1. The second-order valence-electron chi connectivity index (χ2n) is 2.30. The van der Waals surface area contributed by atoms with Gasteiger partial charge in [-0.2, -0.15) is 0 Å². The predicted octanol–water partition coefficient (Wildman–Crippen LogP) is -0.131. The summed E-state index contributed by atoms with van der Waals surface area (Å²) in [6.45, 7) is -0.675. The fraction of sp³-hybridized carbons (Fsp3) is 0.571. The highest BCUT2D eigenvalue weighted by Gasteiger charge is 2.06. The zero-order valence-corrected chi connectivity index (χ0v) is 6.86. The minimum absolute atomic E-state index is 0.0699. The van der Waals surface area contributed by atoms with Crippen molar-refractivity contribution in [1.82, 2.24) is 0 Å². The molecule has 0 heterocycles. The number of carbonyl (C=O) groups is 3. The maximum Gasteiger partial charge on any atom is 0.341 e. The fourth-order valence-corrected chi connectivity index (χ4v) is 0.598. The van der Waals surface area contributed by atoms with E-state index in [1.54, 1.807) is 0 Å². The van der Waals surface area contributed by atoms with E-state index >= 15 is 0 Å². The third-order valence-corrected chi connectivity index (χ3v) is 1.13. The Morgan fingerprint density at radius 3 is 2.08 bits per heavy atom. The number of esters is 1. The van der Waals surface area contributed by atoms with Crippen LogP contribution < -0.4 is 0 Å². The SMILES string of the molecule is O=C(O)CCCC(=O)OCC(=O)O. The van der Waals surface area contributed by atoms with Gasteiger partial charge in [0.2, 0.25) is 0 Å². The predicted molar refractivity (Wildman–Crippen MR) is 40.1 cm³/mol. The van der Waals surface area contributed by atoms with Crippen LogP contribution in [0.2, 0.25) is 0 Å². The number of aliphatic carboxylic acids is 2. The van der Waals surface area contributed by atoms with E-state index in [1.807, 2.05) is 0 Å². The molecule has 0 aliphatic rings. The standard InChI is InChI=1S/C7H10O6/c8-5(9)2-1-3-7(12)13-4-6(10)11/h1-4H2,(H,8,9)(H,10,11). The molecule has 0 aromatic rings. The largest absolute Gasteiger partial charge is 0.481 e. The maximum atomic E-state index is 10.7. The van der Waals surface area contributed by atoms with Gasteiger partial charge in [-0.15, -0.1) is 0 Å². The molecule has 0 spiro atoms. The van der Waals surface area contributed by atoms with E-state index in [4.69, 9.17) is 10.2 Å². The summed E-state index contributed by atoms with van der Waals surface area (Å²) in [5.74, 6) is -2.92. The Kier molecular flexibility index (Phi) is 5.25. The van der Waals surface area contributed by atoms with Crippen LogP contribution in [0.3, 0.4) is 0 Å². The van der Waals surface area contributed by atoms with Crippen LogP contribution >= 0.6 is 0 Å². The monoisotopic (exact) mass is 190 g/mol. The molecule has 0 aromatic carbocycles. The highest BCUT2D eigenvalue weighted by atomic mass is 16.5. The summed E-state index contributed by atoms with van der Waals surface area (Å²) in [6, 6.07) is 0. The molecule has 6 nitrogen and oxygen atoms in total. The third-order valence-electron chi connectivity index (χ3n) is 1.13. The Hall–Kier alpha value is -1.59. The van der Waals surface area contributed by atoms with Crippen molar-refractivity contribution in [2.75, 3.05) is 6.61 Å². The lowest BCUT2D eigenvalue weighted by Crippen LogP contribution is -2.13. The molecule has 0 saturated carbocycles. The van der Waals surface area contributed by atoms with E-state index in [1.165, 1.54) is 0 Å². The summed E-state index contributed by atoms with van der Waals surface area (Å²) in [7, 11) is 0. The van der Waals surface area contributed by atoms with Crippen LogP contribution in [0, 0.1) is 0 Å². The van der Waals surface area contributed by atoms with Crippen molar-refractivity contribution in [3.05, 3.63) is 0 Å². The Labute approximate surface area is 74.1 Å². The topological polar surface area (TPSA) is 101 Å². The van der Waals surface area contributed by atoms with Gasteiger partial charge in [-0.3, -0.25) is 9.59 Å². The molecule has 0 unspecified atom stereocenters. The van der Waals surface area contributed by atoms with Gasteiger partial charge in [-0.05, 0) is 6.42 Å². The zero-order chi connectivity index (χ0) is 10.3. The van der Waals surface area contributed by atoms with Crippen molar-refractivity contribution in [3.8, 4) is 0 Å². The summed E-state index contributed by atoms with van der Waals surface area (Å²) >= 11 is 0. The normalized spacial score (nSPS) is 9.23. The van der Waals surface area contributed by atoms with E-state index < -0.39 is 24.5 Å². The fourth-order valence-electron chi connectivity index (χ4n) is 0.598. The molecule has 0 radical (unpaired) electrons. The van der Waals surface area contributed by atoms with Crippen molar-refractivity contribution in [2.24, 2.45) is 0 Å². The number of hydrogen-bond acceptors (Lipinski definition) is 4. The average Bonchev–Trinajstić information content (AvgIpc) is 2.00. The molecule has 74 valence electrons. The number of carboxylic acids is 2. The lowest BCUT2D eigenvalue weighted by Gasteiger charge is -1.99. The van der Waals surface area contributed by atoms with E-state index in [0.29, 0.717) is 0 Å². The molecule has 0 aromatic heterocycles. The minimum atomic E-state index is -1.23. The van der Waals surface area contributed by atoms with Crippen molar-refractivity contribution >= 4 is 17.9 Å². The summed E-state index contributed by atoms with van der Waals surface area (Å²) in [5.41, 5.74) is 0. The molecular weight excluding hydrogens is 180 g/mol. The van der Waals surface area contributed by atoms with Gasteiger partial charge in [0.15, 0.2) is 6.61 Å². The first kappa shape index (κ1) is 11.4. The molecule has 2 N–H and O–H groups in total. The van der Waals surface area contributed by atoms with Crippen LogP contribution in [0.5, 0.6) is 0 Å². The third kappa shape index (κ3) is 8.32. The molecular formula is C7H10O6. The van der Waals surface area contributed by atoms with E-state index in [2.05, 4.69) is 4.74 Å². The number of ether oxygens (including phenoxy) is 1. The summed E-state index contributed by atoms with van der Waals surface area (Å²) in [6.07, 6.45) is -0.0322. The minimum Gasteiger partial charge on any atom is -0.481 e. The second kappa shape index (κ2) is 5.99. The van der Waals surface area contributed by atoms with Crippen LogP contribution in [0.1, 0.15) is 19.3 Å². The first-order valence-corrected chi connectivity index (χ1v) is 3.61. The summed E-state index contributed by atoms with van der Waals surface area (Å²) in [4.78, 5) is 30.6. The highest BCUT2D eigenvalue weighted by molar-refractivity contribution is 5.75. The van der Waals surface area contributed by atoms with Crippen molar-refractivity contribution < 1.29 is 29.3 Å². The Morgan fingerprint density at radius 1 is 1.00 bits per heavy atom. The number of carboxylic acid groups (broad SMARTS) is 2. The van der Waals surface area contributed by atoms with Crippen molar-refractivity contribution in [1.29, 1.82) is 0 Å². The van der Waals surface area contributed by atoms with E-state index in [0.717, 1.165) is 0 Å². The molecule has 0 amide bonds. The van der Waals surface area contributed by atoms with Gasteiger partial charge in [0.25, 0.3) is 0 Å². The van der Waals surface area contributed by atoms with Gasteiger partial charge >= 0.3 is 17.9 Å². The van der Waals surface area contributed by atoms with Gasteiger partial charge < -0.3 is 14.9 Å². The molecule has 0 aliphatic heterocycles. The molecule has 0 rings (SSSR count). The van der Waals surface area contributed by atoms with E-state index in [-0.39, 0.29) is 19.3 Å². The first-order valence-electron chi connectivity index (χ1n) is 3.61. The zero-order valence-electron chi connectivity index (χ0n) is 6.86. The molecule has 0 saturated heterocycles. The average molecular weight is 190 g/mol. The van der Waals surface area contributed by atoms with Crippen molar-refractivity contribution in [2.45, 2.75) is 19.3 Å². The molecule has 0 bridgehead atoms. The molecule has 13 heavy (non-hydrogen) atoms. The van der Waals surface area contributed by atoms with Gasteiger partial charge in [-0.25, -0.2) is 4.79 Å². The van der Waals surface area contributed by atoms with Crippen LogP contribution in [0.25, 0.3) is 0 Å². The number of rotatable bonds is 6. The Balaban J connectivity index is 3.41. The lowest BCUT2D eigenvalue weighted by atomic mass is 10.2. The molecule has 0 aliphatic carbocycles. The van der Waals surface area contributed by atoms with Gasteiger partial charge in [0, 0.05) is 12.8 Å². The lowest BCUT2D eigenvalue weighted by molar-refractivity contribution is -0.155. The van der Waals surface area contributed by atoms with Crippen LogP contribution in [-0.2, 0) is 19.1 Å². The second-order valence-corrected chi connectivity index (χ2v) is 2.30.